The quantitative estimate of drug-likeness (QED) is 0.666. The molecule has 0 amide bonds. The normalized spacial score (nSPS) is 17.1. The second-order valence-corrected chi connectivity index (χ2v) is 7.24. The second-order valence-electron chi connectivity index (χ2n) is 4.55. The summed E-state index contributed by atoms with van der Waals surface area (Å²) < 4.78 is 33.9. The van der Waals surface area contributed by atoms with Crippen LogP contribution in [0.15, 0.2) is 16.1 Å². The molecular weight excluding hydrogens is 332 g/mol. The summed E-state index contributed by atoms with van der Waals surface area (Å²) in [5.41, 5.74) is -0.538. The molecule has 1 fully saturated rings. The molecule has 2 aromatic heterocycles. The number of hydrogen-bond donors (Lipinski definition) is 0. The van der Waals surface area contributed by atoms with E-state index in [9.17, 15) is 13.2 Å². The topological polar surface area (TPSA) is 112 Å². The first kappa shape index (κ1) is 15.4. The summed E-state index contributed by atoms with van der Waals surface area (Å²) >= 11 is 1.40. The van der Waals surface area contributed by atoms with Gasteiger partial charge < -0.3 is 4.74 Å². The van der Waals surface area contributed by atoms with Crippen LogP contribution in [0.4, 0.5) is 0 Å². The van der Waals surface area contributed by atoms with E-state index in [2.05, 4.69) is 15.3 Å². The average molecular weight is 346 g/mol. The van der Waals surface area contributed by atoms with Crippen LogP contribution in [0.1, 0.15) is 0 Å². The van der Waals surface area contributed by atoms with Gasteiger partial charge in [0, 0.05) is 13.1 Å². The molecule has 0 saturated carbocycles. The van der Waals surface area contributed by atoms with E-state index in [0.29, 0.717) is 19.1 Å². The molecule has 0 radical (unpaired) electrons. The molecule has 0 aromatic carbocycles. The zero-order valence-electron chi connectivity index (χ0n) is 11.7. The van der Waals surface area contributed by atoms with Crippen LogP contribution in [0.2, 0.25) is 0 Å². The summed E-state index contributed by atoms with van der Waals surface area (Å²) in [5.74, 6) is 0.325. The lowest BCUT2D eigenvalue weighted by molar-refractivity contribution is 0.0729. The Morgan fingerprint density at radius 2 is 2.09 bits per heavy atom. The van der Waals surface area contributed by atoms with Crippen molar-refractivity contribution in [3.63, 3.8) is 0 Å². The van der Waals surface area contributed by atoms with Crippen molar-refractivity contribution in [1.29, 1.82) is 0 Å². The van der Waals surface area contributed by atoms with Gasteiger partial charge in [-0.05, 0) is 6.26 Å². The average Bonchev–Trinajstić information content (AvgIpc) is 2.97. The van der Waals surface area contributed by atoms with E-state index in [-0.39, 0.29) is 23.8 Å². The van der Waals surface area contributed by atoms with E-state index in [1.165, 1.54) is 16.1 Å². The smallest absolute Gasteiger partial charge is 0.353 e. The standard InChI is InChI=1S/C10H14N6O4S2/c1-21-7-16-10(17)15-6-11-9(8(15)12-13-16)22(18,19)14-2-4-20-5-3-14/h6H,2-5,7H2,1H3. The first-order valence-electron chi connectivity index (χ1n) is 6.43. The molecule has 0 spiro atoms. The SMILES string of the molecule is CSCn1nnc2c(S(=O)(=O)N3CCOCC3)ncn2c1=O. The Morgan fingerprint density at radius 3 is 2.77 bits per heavy atom. The van der Waals surface area contributed by atoms with Gasteiger partial charge in [-0.15, -0.1) is 16.9 Å². The van der Waals surface area contributed by atoms with Gasteiger partial charge in [0.25, 0.3) is 10.0 Å². The summed E-state index contributed by atoms with van der Waals surface area (Å²) in [6.45, 7) is 1.16. The van der Waals surface area contributed by atoms with Crippen LogP contribution >= 0.6 is 11.8 Å². The Hall–Kier alpha value is -1.50. The van der Waals surface area contributed by atoms with Gasteiger partial charge in [0.1, 0.15) is 6.33 Å². The van der Waals surface area contributed by atoms with Crippen LogP contribution in [-0.2, 0) is 20.6 Å². The van der Waals surface area contributed by atoms with E-state index >= 15 is 0 Å². The molecule has 0 unspecified atom stereocenters. The number of fused-ring (bicyclic) bond motifs is 1. The lowest BCUT2D eigenvalue weighted by atomic mass is 10.5. The van der Waals surface area contributed by atoms with Crippen LogP contribution in [0.25, 0.3) is 5.65 Å². The molecule has 0 bridgehead atoms. The number of thioether (sulfide) groups is 1. The molecule has 0 N–H and O–H groups in total. The summed E-state index contributed by atoms with van der Waals surface area (Å²) in [6.07, 6.45) is 2.98. The van der Waals surface area contributed by atoms with Gasteiger partial charge in [-0.3, -0.25) is 0 Å². The molecule has 12 heteroatoms. The van der Waals surface area contributed by atoms with Crippen LogP contribution in [0.3, 0.4) is 0 Å². The zero-order chi connectivity index (χ0) is 15.7. The molecule has 1 saturated heterocycles. The van der Waals surface area contributed by atoms with Crippen LogP contribution in [0, 0.1) is 0 Å². The lowest BCUT2D eigenvalue weighted by Gasteiger charge is -2.24. The fourth-order valence-corrected chi connectivity index (χ4v) is 3.94. The minimum Gasteiger partial charge on any atom is -0.379 e. The van der Waals surface area contributed by atoms with Gasteiger partial charge in [0.05, 0.1) is 19.1 Å². The molecule has 0 aliphatic carbocycles. The molecule has 3 rings (SSSR count). The van der Waals surface area contributed by atoms with Crippen molar-refractivity contribution >= 4 is 27.4 Å². The van der Waals surface area contributed by atoms with Crippen LogP contribution in [0.5, 0.6) is 0 Å². The maximum atomic E-state index is 12.6. The van der Waals surface area contributed by atoms with E-state index in [0.717, 1.165) is 15.4 Å². The Labute approximate surface area is 130 Å². The molecule has 2 aromatic rings. The molecule has 1 aliphatic heterocycles. The fraction of sp³-hybridized carbons (Fsp3) is 0.600. The molecule has 3 heterocycles. The zero-order valence-corrected chi connectivity index (χ0v) is 13.4. The molecular formula is C10H14N6O4S2. The Bertz CT molecular complexity index is 839. The second kappa shape index (κ2) is 5.95. The summed E-state index contributed by atoms with van der Waals surface area (Å²) in [7, 11) is -3.82. The van der Waals surface area contributed by atoms with Crippen molar-refractivity contribution in [1.82, 2.24) is 28.7 Å². The largest absolute Gasteiger partial charge is 0.379 e. The van der Waals surface area contributed by atoms with Crippen molar-refractivity contribution in [2.75, 3.05) is 32.6 Å². The predicted octanol–water partition coefficient (Wildman–Crippen LogP) is -1.37. The number of imidazole rings is 1. The van der Waals surface area contributed by atoms with Crippen LogP contribution < -0.4 is 5.69 Å². The van der Waals surface area contributed by atoms with Crippen molar-refractivity contribution in [2.24, 2.45) is 0 Å². The minimum atomic E-state index is -3.82. The maximum absolute atomic E-state index is 12.6. The van der Waals surface area contributed by atoms with Gasteiger partial charge in [0.2, 0.25) is 10.7 Å². The van der Waals surface area contributed by atoms with Crippen molar-refractivity contribution in [3.05, 3.63) is 16.8 Å². The molecule has 22 heavy (non-hydrogen) atoms. The fourth-order valence-electron chi connectivity index (χ4n) is 2.11. The highest BCUT2D eigenvalue weighted by Gasteiger charge is 2.31. The third kappa shape index (κ3) is 2.51. The number of ether oxygens (including phenoxy) is 1. The highest BCUT2D eigenvalue weighted by molar-refractivity contribution is 7.97. The Morgan fingerprint density at radius 1 is 1.36 bits per heavy atom. The number of morpholine rings is 1. The lowest BCUT2D eigenvalue weighted by Crippen LogP contribution is -2.41. The van der Waals surface area contributed by atoms with Gasteiger partial charge in [0.15, 0.2) is 0 Å². The van der Waals surface area contributed by atoms with E-state index in [4.69, 9.17) is 4.74 Å². The summed E-state index contributed by atoms with van der Waals surface area (Å²) in [5, 5.41) is 7.34. The van der Waals surface area contributed by atoms with E-state index in [1.807, 2.05) is 6.26 Å². The molecule has 10 nitrogen and oxygen atoms in total. The van der Waals surface area contributed by atoms with Gasteiger partial charge in [-0.25, -0.2) is 22.6 Å². The Balaban J connectivity index is 2.08. The van der Waals surface area contributed by atoms with E-state index < -0.39 is 15.7 Å². The monoisotopic (exact) mass is 346 g/mol. The van der Waals surface area contributed by atoms with Crippen molar-refractivity contribution in [3.8, 4) is 0 Å². The third-order valence-electron chi connectivity index (χ3n) is 3.19. The highest BCUT2D eigenvalue weighted by Crippen LogP contribution is 2.18. The van der Waals surface area contributed by atoms with Crippen LogP contribution in [-0.4, -0.2) is 69.7 Å². The number of aromatic nitrogens is 5. The number of sulfonamides is 1. The number of rotatable bonds is 4. The summed E-state index contributed by atoms with van der Waals surface area (Å²) in [4.78, 5) is 16.1. The Kier molecular flexibility index (Phi) is 4.16. The molecule has 0 atom stereocenters. The molecule has 1 aliphatic rings. The van der Waals surface area contributed by atoms with Crippen molar-refractivity contribution < 1.29 is 13.2 Å². The van der Waals surface area contributed by atoms with Crippen molar-refractivity contribution in [2.45, 2.75) is 10.9 Å². The predicted molar refractivity (Wildman–Crippen MR) is 78.1 cm³/mol. The number of nitrogens with zero attached hydrogens (tertiary/aromatic N) is 6. The van der Waals surface area contributed by atoms with Gasteiger partial charge in [-0.1, -0.05) is 5.21 Å². The first-order valence-corrected chi connectivity index (χ1v) is 9.27. The highest BCUT2D eigenvalue weighted by atomic mass is 32.2. The maximum Gasteiger partial charge on any atom is 0.353 e. The first-order chi connectivity index (χ1) is 10.6. The third-order valence-corrected chi connectivity index (χ3v) is 5.51. The minimum absolute atomic E-state index is 0.0613. The van der Waals surface area contributed by atoms with Gasteiger partial charge >= 0.3 is 5.69 Å². The summed E-state index contributed by atoms with van der Waals surface area (Å²) in [6, 6.07) is 0. The number of hydrogen-bond acceptors (Lipinski definition) is 8. The van der Waals surface area contributed by atoms with Gasteiger partial charge in [-0.2, -0.15) is 8.99 Å². The molecule has 120 valence electrons. The van der Waals surface area contributed by atoms with E-state index in [1.54, 1.807) is 0 Å².